The van der Waals surface area contributed by atoms with Crippen molar-refractivity contribution in [2.45, 2.75) is 51.7 Å². The van der Waals surface area contributed by atoms with Crippen LogP contribution >= 0.6 is 0 Å². The third-order valence-electron chi connectivity index (χ3n) is 4.70. The van der Waals surface area contributed by atoms with Crippen LogP contribution in [-0.2, 0) is 9.53 Å². The second-order valence-corrected chi connectivity index (χ2v) is 6.16. The maximum Gasteiger partial charge on any atom is 0.225 e. The number of ether oxygens (including phenoxy) is 1. The number of methoxy groups -OCH3 is 1. The summed E-state index contributed by atoms with van der Waals surface area (Å²) in [5.41, 5.74) is 0. The molecule has 110 valence electrons. The number of amides is 1. The van der Waals surface area contributed by atoms with Crippen molar-refractivity contribution in [1.29, 1.82) is 0 Å². The number of likely N-dealkylation sites (tertiary alicyclic amines) is 2. The molecule has 0 spiro atoms. The van der Waals surface area contributed by atoms with Gasteiger partial charge in [-0.05, 0) is 52.6 Å². The van der Waals surface area contributed by atoms with E-state index in [2.05, 4.69) is 23.6 Å². The lowest BCUT2D eigenvalue weighted by Crippen LogP contribution is -2.47. The Hall–Kier alpha value is -0.610. The fourth-order valence-corrected chi connectivity index (χ4v) is 3.23. The van der Waals surface area contributed by atoms with Gasteiger partial charge in [-0.1, -0.05) is 0 Å². The van der Waals surface area contributed by atoms with Gasteiger partial charge in [0.1, 0.15) is 0 Å². The highest BCUT2D eigenvalue weighted by molar-refractivity contribution is 5.79. The Morgan fingerprint density at radius 2 is 1.63 bits per heavy atom. The monoisotopic (exact) mass is 268 g/mol. The molecule has 0 unspecified atom stereocenters. The predicted molar refractivity (Wildman–Crippen MR) is 76.0 cm³/mol. The Bertz CT molecular complexity index is 291. The van der Waals surface area contributed by atoms with Gasteiger partial charge >= 0.3 is 0 Å². The molecule has 0 atom stereocenters. The van der Waals surface area contributed by atoms with Crippen LogP contribution in [0.3, 0.4) is 0 Å². The zero-order chi connectivity index (χ0) is 13.8. The molecule has 0 saturated carbocycles. The summed E-state index contributed by atoms with van der Waals surface area (Å²) in [4.78, 5) is 17.0. The molecule has 4 heteroatoms. The molecule has 2 rings (SSSR count). The van der Waals surface area contributed by atoms with Crippen molar-refractivity contribution in [3.8, 4) is 0 Å². The first-order chi connectivity index (χ1) is 9.11. The number of hydrogen-bond acceptors (Lipinski definition) is 3. The van der Waals surface area contributed by atoms with Gasteiger partial charge in [-0.15, -0.1) is 0 Å². The van der Waals surface area contributed by atoms with E-state index >= 15 is 0 Å². The highest BCUT2D eigenvalue weighted by Gasteiger charge is 2.31. The fourth-order valence-electron chi connectivity index (χ4n) is 3.23. The van der Waals surface area contributed by atoms with Crippen LogP contribution in [0.1, 0.15) is 39.5 Å². The number of nitrogens with zero attached hydrogens (tertiary/aromatic N) is 2. The van der Waals surface area contributed by atoms with E-state index in [-0.39, 0.29) is 5.92 Å². The first-order valence-electron chi connectivity index (χ1n) is 7.67. The van der Waals surface area contributed by atoms with Crippen molar-refractivity contribution in [2.75, 3.05) is 33.3 Å². The van der Waals surface area contributed by atoms with E-state index < -0.39 is 0 Å². The van der Waals surface area contributed by atoms with E-state index in [1.54, 1.807) is 7.11 Å². The first-order valence-corrected chi connectivity index (χ1v) is 7.67. The minimum Gasteiger partial charge on any atom is -0.381 e. The van der Waals surface area contributed by atoms with Crippen molar-refractivity contribution in [1.82, 2.24) is 9.80 Å². The van der Waals surface area contributed by atoms with Gasteiger partial charge in [0, 0.05) is 32.2 Å². The molecule has 0 N–H and O–H groups in total. The molecule has 1 amide bonds. The van der Waals surface area contributed by atoms with Crippen LogP contribution < -0.4 is 0 Å². The maximum absolute atomic E-state index is 12.5. The molecule has 2 aliphatic heterocycles. The van der Waals surface area contributed by atoms with Crippen molar-refractivity contribution in [2.24, 2.45) is 5.92 Å². The topological polar surface area (TPSA) is 32.8 Å². The van der Waals surface area contributed by atoms with Crippen LogP contribution in [0.4, 0.5) is 0 Å². The summed E-state index contributed by atoms with van der Waals surface area (Å²) in [6.07, 6.45) is 4.40. The average molecular weight is 268 g/mol. The van der Waals surface area contributed by atoms with E-state index in [9.17, 15) is 4.79 Å². The molecular weight excluding hydrogens is 240 g/mol. The minimum absolute atomic E-state index is 0.258. The summed E-state index contributed by atoms with van der Waals surface area (Å²) >= 11 is 0. The maximum atomic E-state index is 12.5. The van der Waals surface area contributed by atoms with Gasteiger partial charge < -0.3 is 14.5 Å². The van der Waals surface area contributed by atoms with Crippen molar-refractivity contribution in [3.63, 3.8) is 0 Å². The molecule has 0 aliphatic carbocycles. The summed E-state index contributed by atoms with van der Waals surface area (Å²) in [6.45, 7) is 8.37. The summed E-state index contributed by atoms with van der Waals surface area (Å²) in [5.74, 6) is 0.645. The lowest BCUT2D eigenvalue weighted by Gasteiger charge is -2.38. The van der Waals surface area contributed by atoms with Gasteiger partial charge in [-0.25, -0.2) is 0 Å². The second-order valence-electron chi connectivity index (χ2n) is 6.16. The molecule has 0 aromatic rings. The van der Waals surface area contributed by atoms with Crippen LogP contribution in [0.2, 0.25) is 0 Å². The lowest BCUT2D eigenvalue weighted by molar-refractivity contribution is -0.139. The third-order valence-corrected chi connectivity index (χ3v) is 4.70. The fraction of sp³-hybridized carbons (Fsp3) is 0.933. The molecule has 4 nitrogen and oxygen atoms in total. The molecule has 2 fully saturated rings. The van der Waals surface area contributed by atoms with E-state index in [4.69, 9.17) is 4.74 Å². The van der Waals surface area contributed by atoms with Gasteiger partial charge in [0.15, 0.2) is 0 Å². The van der Waals surface area contributed by atoms with E-state index in [0.717, 1.165) is 51.9 Å². The second kappa shape index (κ2) is 6.71. The van der Waals surface area contributed by atoms with E-state index in [0.29, 0.717) is 18.1 Å². The summed E-state index contributed by atoms with van der Waals surface area (Å²) in [6, 6.07) is 0.605. The van der Waals surface area contributed by atoms with E-state index in [1.165, 1.54) is 0 Å². The van der Waals surface area contributed by atoms with Gasteiger partial charge in [0.25, 0.3) is 0 Å². The molecule has 0 aromatic carbocycles. The van der Waals surface area contributed by atoms with Gasteiger partial charge in [-0.3, -0.25) is 4.79 Å². The molecular formula is C15H28N2O2. The minimum atomic E-state index is 0.258. The number of rotatable bonds is 3. The zero-order valence-electron chi connectivity index (χ0n) is 12.6. The normalized spacial score (nSPS) is 24.1. The smallest absolute Gasteiger partial charge is 0.225 e. The summed E-state index contributed by atoms with van der Waals surface area (Å²) in [7, 11) is 1.77. The van der Waals surface area contributed by atoms with Gasteiger partial charge in [0.2, 0.25) is 5.91 Å². The van der Waals surface area contributed by atoms with Crippen LogP contribution in [0.5, 0.6) is 0 Å². The molecule has 2 saturated heterocycles. The first kappa shape index (κ1) is 14.8. The average Bonchev–Trinajstić information content (AvgIpc) is 2.46. The molecule has 2 aliphatic rings. The molecule has 19 heavy (non-hydrogen) atoms. The van der Waals surface area contributed by atoms with Gasteiger partial charge in [0.05, 0.1) is 6.10 Å². The number of carbonyl (C=O) groups excluding carboxylic acids is 1. The van der Waals surface area contributed by atoms with Crippen molar-refractivity contribution < 1.29 is 9.53 Å². The summed E-state index contributed by atoms with van der Waals surface area (Å²) in [5, 5.41) is 0. The van der Waals surface area contributed by atoms with Crippen LogP contribution in [0.25, 0.3) is 0 Å². The standard InChI is InChI=1S/C15H28N2O2/c1-12(2)16-8-4-13(5-9-16)15(18)17-10-6-14(19-3)7-11-17/h12-14H,4-11H2,1-3H3. The lowest BCUT2D eigenvalue weighted by atomic mass is 9.93. The molecule has 0 bridgehead atoms. The highest BCUT2D eigenvalue weighted by Crippen LogP contribution is 2.23. The number of hydrogen-bond donors (Lipinski definition) is 0. The predicted octanol–water partition coefficient (Wildman–Crippen LogP) is 1.74. The Morgan fingerprint density at radius 1 is 1.05 bits per heavy atom. The van der Waals surface area contributed by atoms with Crippen LogP contribution in [0, 0.1) is 5.92 Å². The van der Waals surface area contributed by atoms with E-state index in [1.807, 2.05) is 0 Å². The summed E-state index contributed by atoms with van der Waals surface area (Å²) < 4.78 is 5.36. The number of piperidine rings is 2. The Morgan fingerprint density at radius 3 is 2.11 bits per heavy atom. The number of carbonyl (C=O) groups is 1. The largest absolute Gasteiger partial charge is 0.381 e. The SMILES string of the molecule is COC1CCN(C(=O)C2CCN(C(C)C)CC2)CC1. The van der Waals surface area contributed by atoms with Crippen LogP contribution in [-0.4, -0.2) is 61.1 Å². The van der Waals surface area contributed by atoms with Crippen molar-refractivity contribution >= 4 is 5.91 Å². The van der Waals surface area contributed by atoms with Crippen molar-refractivity contribution in [3.05, 3.63) is 0 Å². The molecule has 0 aromatic heterocycles. The zero-order valence-corrected chi connectivity index (χ0v) is 12.6. The third kappa shape index (κ3) is 3.69. The molecule has 2 heterocycles. The van der Waals surface area contributed by atoms with Crippen LogP contribution in [0.15, 0.2) is 0 Å². The quantitative estimate of drug-likeness (QED) is 0.781. The Balaban J connectivity index is 1.78. The Labute approximate surface area is 117 Å². The Kier molecular flexibility index (Phi) is 5.22. The van der Waals surface area contributed by atoms with Gasteiger partial charge in [-0.2, -0.15) is 0 Å². The molecule has 0 radical (unpaired) electrons. The highest BCUT2D eigenvalue weighted by atomic mass is 16.5.